The Bertz CT molecular complexity index is 898. The highest BCUT2D eigenvalue weighted by Crippen LogP contribution is 2.34. The maximum atomic E-state index is 12.2. The third-order valence-electron chi connectivity index (χ3n) is 4.87. The van der Waals surface area contributed by atoms with Crippen LogP contribution in [0.25, 0.3) is 11.3 Å². The minimum Gasteiger partial charge on any atom is -0.443 e. The summed E-state index contributed by atoms with van der Waals surface area (Å²) in [5.74, 6) is 0.869. The molecule has 0 saturated carbocycles. The molecule has 7 nitrogen and oxygen atoms in total. The topological polar surface area (TPSA) is 84.7 Å². The number of halogens is 3. The van der Waals surface area contributed by atoms with Gasteiger partial charge in [0, 0.05) is 23.4 Å². The van der Waals surface area contributed by atoms with E-state index < -0.39 is 12.5 Å². The van der Waals surface area contributed by atoms with E-state index in [1.807, 2.05) is 25.4 Å². The first-order valence-electron chi connectivity index (χ1n) is 9.55. The quantitative estimate of drug-likeness (QED) is 0.758. The number of amides is 1. The number of benzene rings is 1. The van der Waals surface area contributed by atoms with E-state index in [1.54, 1.807) is 4.90 Å². The Morgan fingerprint density at radius 3 is 2.63 bits per heavy atom. The van der Waals surface area contributed by atoms with E-state index >= 15 is 0 Å². The monoisotopic (exact) mass is 425 g/mol. The number of carbonyl (C=O) groups is 2. The Balaban J connectivity index is 0.000000377. The normalized spacial score (nSPS) is 18.3. The Kier molecular flexibility index (Phi) is 6.76. The van der Waals surface area contributed by atoms with Crippen LogP contribution in [0.4, 0.5) is 23.7 Å². The second-order valence-electron chi connectivity index (χ2n) is 7.06. The Morgan fingerprint density at radius 1 is 1.27 bits per heavy atom. The van der Waals surface area contributed by atoms with Crippen molar-refractivity contribution in [1.82, 2.24) is 10.5 Å². The third kappa shape index (κ3) is 5.18. The molecule has 1 N–H and O–H groups in total. The van der Waals surface area contributed by atoms with Crippen LogP contribution in [0.1, 0.15) is 24.0 Å². The lowest BCUT2D eigenvalue weighted by atomic mass is 9.92. The van der Waals surface area contributed by atoms with Crippen LogP contribution in [0.15, 0.2) is 28.9 Å². The number of carbonyl (C=O) groups excluding carboxylic acids is 2. The summed E-state index contributed by atoms with van der Waals surface area (Å²) in [4.78, 5) is 22.6. The zero-order valence-electron chi connectivity index (χ0n) is 16.4. The molecule has 2 heterocycles. The second kappa shape index (κ2) is 9.29. The number of rotatable bonds is 3. The van der Waals surface area contributed by atoms with E-state index in [9.17, 15) is 18.0 Å². The molecule has 4 rings (SSSR count). The van der Waals surface area contributed by atoms with Gasteiger partial charge >= 0.3 is 12.3 Å². The van der Waals surface area contributed by atoms with Gasteiger partial charge in [-0.25, -0.2) is 4.79 Å². The fourth-order valence-electron chi connectivity index (χ4n) is 3.53. The summed E-state index contributed by atoms with van der Waals surface area (Å²) < 4.78 is 42.1. The van der Waals surface area contributed by atoms with Crippen molar-refractivity contribution in [3.8, 4) is 11.3 Å². The average Bonchev–Trinajstić information content (AvgIpc) is 3.29. The number of aryl methyl sites for hydroxylation is 2. The molecule has 1 aliphatic heterocycles. The van der Waals surface area contributed by atoms with Crippen LogP contribution in [0.2, 0.25) is 0 Å². The number of anilines is 1. The number of aldehydes is 1. The lowest BCUT2D eigenvalue weighted by Gasteiger charge is -2.18. The fourth-order valence-corrected chi connectivity index (χ4v) is 3.53. The minimum absolute atomic E-state index is 0.106. The molecule has 162 valence electrons. The van der Waals surface area contributed by atoms with Gasteiger partial charge < -0.3 is 14.6 Å². The molecule has 0 bridgehead atoms. The van der Waals surface area contributed by atoms with E-state index in [4.69, 9.17) is 14.1 Å². The third-order valence-corrected chi connectivity index (χ3v) is 4.87. The number of nitrogens with zero attached hydrogens (tertiary/aromatic N) is 2. The standard InChI is InChI=1S/C18H21N3O3.C2HF3O/c1-19-10-15-11-21(18(22)23-15)14-6-7-16-12(8-14)4-2-3-5-13-9-20-24-17(13)16;3-2(4,5)1-6/h6-9,15,19H,2-5,10-11H2,1H3;1H. The number of likely N-dealkylation sites (N-methyl/N-ethyl adjacent to an activating group) is 1. The zero-order valence-corrected chi connectivity index (χ0v) is 16.4. The van der Waals surface area contributed by atoms with Gasteiger partial charge in [0.2, 0.25) is 6.29 Å². The van der Waals surface area contributed by atoms with Crippen LogP contribution in [-0.4, -0.2) is 50.0 Å². The molecule has 0 radical (unpaired) electrons. The summed E-state index contributed by atoms with van der Waals surface area (Å²) in [5, 5.41) is 7.01. The van der Waals surface area contributed by atoms with Gasteiger partial charge in [-0.1, -0.05) is 5.16 Å². The van der Waals surface area contributed by atoms with Gasteiger partial charge in [-0.15, -0.1) is 0 Å². The van der Waals surface area contributed by atoms with Gasteiger partial charge in [0.1, 0.15) is 6.10 Å². The zero-order chi connectivity index (χ0) is 21.7. The van der Waals surface area contributed by atoms with Crippen LogP contribution in [0, 0.1) is 0 Å². The number of alkyl halides is 3. The molecule has 10 heteroatoms. The highest BCUT2D eigenvalue weighted by Gasteiger charge is 2.32. The van der Waals surface area contributed by atoms with Gasteiger partial charge in [-0.3, -0.25) is 9.69 Å². The van der Waals surface area contributed by atoms with Crippen molar-refractivity contribution in [3.05, 3.63) is 35.5 Å². The van der Waals surface area contributed by atoms with Gasteiger partial charge in [0.25, 0.3) is 0 Å². The summed E-state index contributed by atoms with van der Waals surface area (Å²) in [6.07, 6.45) is -0.0457. The molecule has 1 aromatic heterocycles. The Morgan fingerprint density at radius 2 is 1.97 bits per heavy atom. The predicted molar refractivity (Wildman–Crippen MR) is 102 cm³/mol. The fraction of sp³-hybridized carbons (Fsp3) is 0.450. The molecule has 2 aliphatic rings. The molecule has 1 aromatic carbocycles. The maximum absolute atomic E-state index is 12.2. The molecule has 1 unspecified atom stereocenters. The van der Waals surface area contributed by atoms with Crippen molar-refractivity contribution in [2.75, 3.05) is 25.0 Å². The summed E-state index contributed by atoms with van der Waals surface area (Å²) in [6.45, 7) is 1.24. The van der Waals surface area contributed by atoms with E-state index in [1.165, 1.54) is 11.1 Å². The summed E-state index contributed by atoms with van der Waals surface area (Å²) in [6, 6.07) is 6.10. The second-order valence-corrected chi connectivity index (χ2v) is 7.06. The first-order valence-corrected chi connectivity index (χ1v) is 9.55. The van der Waals surface area contributed by atoms with Crippen molar-refractivity contribution in [2.24, 2.45) is 0 Å². The highest BCUT2D eigenvalue weighted by molar-refractivity contribution is 5.90. The Hall–Kier alpha value is -2.88. The number of hydrogen-bond acceptors (Lipinski definition) is 6. The molecule has 1 saturated heterocycles. The summed E-state index contributed by atoms with van der Waals surface area (Å²) in [7, 11) is 1.86. The molecule has 1 fully saturated rings. The van der Waals surface area contributed by atoms with Crippen LogP contribution < -0.4 is 10.2 Å². The molecular formula is C20H22F3N3O4. The van der Waals surface area contributed by atoms with E-state index in [0.717, 1.165) is 42.7 Å². The maximum Gasteiger partial charge on any atom is 0.446 e. The number of hydrogen-bond donors (Lipinski definition) is 1. The summed E-state index contributed by atoms with van der Waals surface area (Å²) in [5.41, 5.74) is 4.35. The van der Waals surface area contributed by atoms with Gasteiger partial charge in [0.15, 0.2) is 5.76 Å². The number of cyclic esters (lactones) is 1. The molecule has 1 atom stereocenters. The van der Waals surface area contributed by atoms with Gasteiger partial charge in [-0.2, -0.15) is 13.2 Å². The largest absolute Gasteiger partial charge is 0.446 e. The SMILES string of the molecule is CNCC1CN(c2ccc3c(c2)CCCCc2cnoc2-3)C(=O)O1.O=CC(F)(F)F. The minimum atomic E-state index is -4.64. The predicted octanol–water partition coefficient (Wildman–Crippen LogP) is 3.51. The first kappa shape index (κ1) is 21.8. The van der Waals surface area contributed by atoms with Crippen molar-refractivity contribution >= 4 is 18.1 Å². The Labute approximate surface area is 171 Å². The number of ether oxygens (including phenoxy) is 1. The van der Waals surface area contributed by atoms with Crippen molar-refractivity contribution < 1.29 is 32.0 Å². The summed E-state index contributed by atoms with van der Waals surface area (Å²) >= 11 is 0. The van der Waals surface area contributed by atoms with Crippen LogP contribution in [-0.2, 0) is 22.4 Å². The number of nitrogens with one attached hydrogen (secondary N) is 1. The molecule has 30 heavy (non-hydrogen) atoms. The van der Waals surface area contributed by atoms with E-state index in [0.29, 0.717) is 13.1 Å². The smallest absolute Gasteiger partial charge is 0.443 e. The van der Waals surface area contributed by atoms with Crippen LogP contribution in [0.5, 0.6) is 0 Å². The van der Waals surface area contributed by atoms with Gasteiger partial charge in [0.05, 0.1) is 12.7 Å². The van der Waals surface area contributed by atoms with E-state index in [2.05, 4.69) is 16.5 Å². The lowest BCUT2D eigenvalue weighted by molar-refractivity contribution is -0.156. The van der Waals surface area contributed by atoms with Crippen LogP contribution >= 0.6 is 0 Å². The average molecular weight is 425 g/mol. The number of aromatic nitrogens is 1. The number of fused-ring (bicyclic) bond motifs is 3. The molecule has 1 amide bonds. The lowest BCUT2D eigenvalue weighted by Crippen LogP contribution is -2.29. The van der Waals surface area contributed by atoms with E-state index in [-0.39, 0.29) is 12.2 Å². The molecule has 2 aromatic rings. The van der Waals surface area contributed by atoms with Crippen LogP contribution in [0.3, 0.4) is 0 Å². The molecular weight excluding hydrogens is 403 g/mol. The molecule has 0 spiro atoms. The van der Waals surface area contributed by atoms with Crippen molar-refractivity contribution in [1.29, 1.82) is 0 Å². The van der Waals surface area contributed by atoms with Crippen molar-refractivity contribution in [2.45, 2.75) is 38.0 Å². The highest BCUT2D eigenvalue weighted by atomic mass is 19.4. The van der Waals surface area contributed by atoms with Crippen molar-refractivity contribution in [3.63, 3.8) is 0 Å². The van der Waals surface area contributed by atoms with Gasteiger partial charge in [-0.05, 0) is 56.5 Å². The molecule has 1 aliphatic carbocycles. The first-order chi connectivity index (χ1) is 14.3.